The summed E-state index contributed by atoms with van der Waals surface area (Å²) in [4.78, 5) is 31.1. The molecule has 1 aliphatic rings. The van der Waals surface area contributed by atoms with Crippen molar-refractivity contribution in [2.45, 2.75) is 12.8 Å². The number of piperidine rings is 1. The summed E-state index contributed by atoms with van der Waals surface area (Å²) >= 11 is 6.09. The first-order chi connectivity index (χ1) is 14.6. The molecule has 4 rings (SSSR count). The van der Waals surface area contributed by atoms with Gasteiger partial charge in [0.1, 0.15) is 0 Å². The van der Waals surface area contributed by atoms with Gasteiger partial charge in [0, 0.05) is 47.7 Å². The van der Waals surface area contributed by atoms with Crippen LogP contribution in [-0.2, 0) is 4.79 Å². The Hall–Kier alpha value is -3.18. The number of rotatable bonds is 4. The zero-order valence-corrected chi connectivity index (χ0v) is 17.2. The van der Waals surface area contributed by atoms with Crippen molar-refractivity contribution in [1.82, 2.24) is 9.88 Å². The Bertz CT molecular complexity index is 1050. The Kier molecular flexibility index (Phi) is 6.10. The molecular weight excluding hydrogens is 398 g/mol. The van der Waals surface area contributed by atoms with Crippen LogP contribution in [-0.4, -0.2) is 34.8 Å². The van der Waals surface area contributed by atoms with Gasteiger partial charge in [0.25, 0.3) is 5.91 Å². The normalized spacial score (nSPS) is 14.4. The number of aromatic nitrogens is 1. The van der Waals surface area contributed by atoms with Gasteiger partial charge >= 0.3 is 0 Å². The van der Waals surface area contributed by atoms with Gasteiger partial charge in [-0.1, -0.05) is 35.9 Å². The smallest absolute Gasteiger partial charge is 0.253 e. The molecule has 0 unspecified atom stereocenters. The number of halogens is 1. The van der Waals surface area contributed by atoms with Crippen molar-refractivity contribution in [2.75, 3.05) is 18.4 Å². The molecule has 0 atom stereocenters. The van der Waals surface area contributed by atoms with Gasteiger partial charge in [0.2, 0.25) is 5.91 Å². The highest BCUT2D eigenvalue weighted by molar-refractivity contribution is 6.30. The number of hydrogen-bond acceptors (Lipinski definition) is 3. The van der Waals surface area contributed by atoms with Crippen molar-refractivity contribution in [3.63, 3.8) is 0 Å². The second-order valence-electron chi connectivity index (χ2n) is 7.38. The van der Waals surface area contributed by atoms with Gasteiger partial charge in [-0.2, -0.15) is 0 Å². The third-order valence-corrected chi connectivity index (χ3v) is 5.60. The van der Waals surface area contributed by atoms with Crippen LogP contribution < -0.4 is 5.32 Å². The fourth-order valence-corrected chi connectivity index (χ4v) is 3.90. The topological polar surface area (TPSA) is 62.3 Å². The lowest BCUT2D eigenvalue weighted by molar-refractivity contribution is -0.121. The summed E-state index contributed by atoms with van der Waals surface area (Å²) in [5.41, 5.74) is 3.38. The molecule has 30 heavy (non-hydrogen) atoms. The zero-order chi connectivity index (χ0) is 20.9. The molecule has 5 nitrogen and oxygen atoms in total. The van der Waals surface area contributed by atoms with E-state index in [9.17, 15) is 9.59 Å². The molecule has 6 heteroatoms. The van der Waals surface area contributed by atoms with Crippen LogP contribution in [0.15, 0.2) is 73.1 Å². The summed E-state index contributed by atoms with van der Waals surface area (Å²) in [6.45, 7) is 1.14. The molecule has 0 radical (unpaired) electrons. The summed E-state index contributed by atoms with van der Waals surface area (Å²) in [5, 5.41) is 3.70. The number of anilines is 1. The Balaban J connectivity index is 1.36. The van der Waals surface area contributed by atoms with Crippen molar-refractivity contribution in [2.24, 2.45) is 5.92 Å². The minimum absolute atomic E-state index is 0.00532. The Morgan fingerprint density at radius 3 is 2.30 bits per heavy atom. The fraction of sp³-hybridized carbons (Fsp3) is 0.208. The molecule has 0 spiro atoms. The molecule has 0 bridgehead atoms. The number of carbonyl (C=O) groups excluding carboxylic acids is 2. The molecule has 2 heterocycles. The van der Waals surface area contributed by atoms with Gasteiger partial charge in [-0.05, 0) is 60.4 Å². The number of pyridine rings is 1. The lowest BCUT2D eigenvalue weighted by atomic mass is 9.95. The van der Waals surface area contributed by atoms with E-state index in [0.29, 0.717) is 36.5 Å². The first-order valence-electron chi connectivity index (χ1n) is 9.96. The monoisotopic (exact) mass is 419 g/mol. The molecule has 2 amide bonds. The van der Waals surface area contributed by atoms with E-state index in [-0.39, 0.29) is 17.7 Å². The van der Waals surface area contributed by atoms with E-state index in [4.69, 9.17) is 11.6 Å². The van der Waals surface area contributed by atoms with E-state index in [1.807, 2.05) is 48.5 Å². The molecule has 1 fully saturated rings. The number of hydrogen-bond donors (Lipinski definition) is 1. The van der Waals surface area contributed by atoms with E-state index in [0.717, 1.165) is 16.8 Å². The summed E-state index contributed by atoms with van der Waals surface area (Å²) in [6, 6.07) is 18.8. The van der Waals surface area contributed by atoms with Crippen LogP contribution in [0.1, 0.15) is 23.2 Å². The number of nitrogens with one attached hydrogen (secondary N) is 1. The molecule has 0 aliphatic carbocycles. The number of likely N-dealkylation sites (tertiary alicyclic amines) is 1. The highest BCUT2D eigenvalue weighted by Crippen LogP contribution is 2.26. The average molecular weight is 420 g/mol. The van der Waals surface area contributed by atoms with E-state index in [2.05, 4.69) is 10.3 Å². The summed E-state index contributed by atoms with van der Waals surface area (Å²) in [5.74, 6) is -0.124. The van der Waals surface area contributed by atoms with E-state index >= 15 is 0 Å². The fourth-order valence-electron chi connectivity index (χ4n) is 3.71. The van der Waals surface area contributed by atoms with Crippen LogP contribution in [0.2, 0.25) is 5.02 Å². The van der Waals surface area contributed by atoms with Crippen LogP contribution in [0, 0.1) is 5.92 Å². The number of amides is 2. The van der Waals surface area contributed by atoms with Gasteiger partial charge in [0.05, 0.1) is 0 Å². The average Bonchev–Trinajstić information content (AvgIpc) is 2.79. The predicted molar refractivity (Wildman–Crippen MR) is 118 cm³/mol. The second-order valence-corrected chi connectivity index (χ2v) is 7.82. The molecule has 0 saturated carbocycles. The molecular formula is C24H22ClN3O2. The first kappa shape index (κ1) is 20.1. The number of benzene rings is 2. The van der Waals surface area contributed by atoms with Crippen molar-refractivity contribution in [3.05, 3.63) is 83.6 Å². The van der Waals surface area contributed by atoms with Gasteiger partial charge in [-0.3, -0.25) is 14.6 Å². The maximum absolute atomic E-state index is 12.8. The van der Waals surface area contributed by atoms with Crippen molar-refractivity contribution in [1.29, 1.82) is 0 Å². The van der Waals surface area contributed by atoms with E-state index < -0.39 is 0 Å². The van der Waals surface area contributed by atoms with Crippen LogP contribution in [0.4, 0.5) is 5.69 Å². The number of carbonyl (C=O) groups is 2. The van der Waals surface area contributed by atoms with Gasteiger partial charge in [0.15, 0.2) is 0 Å². The Morgan fingerprint density at radius 1 is 0.933 bits per heavy atom. The summed E-state index contributed by atoms with van der Waals surface area (Å²) in [7, 11) is 0. The molecule has 152 valence electrons. The minimum atomic E-state index is -0.110. The first-order valence-corrected chi connectivity index (χ1v) is 10.3. The maximum atomic E-state index is 12.8. The molecule has 1 saturated heterocycles. The maximum Gasteiger partial charge on any atom is 0.253 e. The van der Waals surface area contributed by atoms with Gasteiger partial charge < -0.3 is 10.2 Å². The largest absolute Gasteiger partial charge is 0.339 e. The zero-order valence-electron chi connectivity index (χ0n) is 16.4. The predicted octanol–water partition coefficient (Wildman–Crippen LogP) is 4.89. The molecule has 1 aliphatic heterocycles. The third-order valence-electron chi connectivity index (χ3n) is 5.37. The van der Waals surface area contributed by atoms with Gasteiger partial charge in [-0.25, -0.2) is 0 Å². The quantitative estimate of drug-likeness (QED) is 0.654. The van der Waals surface area contributed by atoms with Crippen LogP contribution in [0.3, 0.4) is 0 Å². The van der Waals surface area contributed by atoms with Crippen LogP contribution >= 0.6 is 11.6 Å². The SMILES string of the molecule is O=C(Nc1cccc(-c2cccc(Cl)c2)c1)C1CCN(C(=O)c2ccncc2)CC1. The van der Waals surface area contributed by atoms with E-state index in [1.54, 1.807) is 29.4 Å². The second kappa shape index (κ2) is 9.09. The number of nitrogens with zero attached hydrogens (tertiary/aromatic N) is 2. The van der Waals surface area contributed by atoms with Crippen molar-refractivity contribution < 1.29 is 9.59 Å². The molecule has 3 aromatic rings. The lowest BCUT2D eigenvalue weighted by Gasteiger charge is -2.31. The summed E-state index contributed by atoms with van der Waals surface area (Å²) < 4.78 is 0. The van der Waals surface area contributed by atoms with Crippen molar-refractivity contribution in [3.8, 4) is 11.1 Å². The third kappa shape index (κ3) is 4.69. The highest BCUT2D eigenvalue weighted by Gasteiger charge is 2.27. The van der Waals surface area contributed by atoms with Crippen molar-refractivity contribution >= 4 is 29.1 Å². The highest BCUT2D eigenvalue weighted by atomic mass is 35.5. The summed E-state index contributed by atoms with van der Waals surface area (Å²) in [6.07, 6.45) is 4.53. The molecule has 1 N–H and O–H groups in total. The van der Waals surface area contributed by atoms with E-state index in [1.165, 1.54) is 0 Å². The minimum Gasteiger partial charge on any atom is -0.339 e. The molecule has 2 aromatic carbocycles. The standard InChI is InChI=1S/C24H22ClN3O2/c25-21-5-1-3-19(15-21)20-4-2-6-22(16-20)27-23(29)17-9-13-28(14-10-17)24(30)18-7-11-26-12-8-18/h1-8,11-12,15-17H,9-10,13-14H2,(H,27,29). The van der Waals surface area contributed by atoms with Crippen LogP contribution in [0.5, 0.6) is 0 Å². The molecule has 1 aromatic heterocycles. The Labute approximate surface area is 180 Å². The Morgan fingerprint density at radius 2 is 1.60 bits per heavy atom. The van der Waals surface area contributed by atoms with Gasteiger partial charge in [-0.15, -0.1) is 0 Å². The van der Waals surface area contributed by atoms with Crippen LogP contribution in [0.25, 0.3) is 11.1 Å². The lowest BCUT2D eigenvalue weighted by Crippen LogP contribution is -2.41.